The van der Waals surface area contributed by atoms with Crippen molar-refractivity contribution in [3.05, 3.63) is 89.4 Å². The largest absolute Gasteiger partial charge is 0.492 e. The predicted molar refractivity (Wildman–Crippen MR) is 160 cm³/mol. The van der Waals surface area contributed by atoms with Gasteiger partial charge in [0, 0.05) is 17.6 Å². The second kappa shape index (κ2) is 13.9. The summed E-state index contributed by atoms with van der Waals surface area (Å²) in [5.74, 6) is -0.486. The number of para-hydroxylation sites is 2. The molecule has 10 heteroatoms. The molecule has 0 bridgehead atoms. The van der Waals surface area contributed by atoms with Crippen LogP contribution in [0.2, 0.25) is 5.02 Å². The molecule has 0 radical (unpaired) electrons. The average molecular weight is 598 g/mol. The van der Waals surface area contributed by atoms with Gasteiger partial charge in [-0.2, -0.15) is 0 Å². The highest BCUT2D eigenvalue weighted by Crippen LogP contribution is 2.33. The molecular weight excluding hydrogens is 562 g/mol. The van der Waals surface area contributed by atoms with E-state index in [-0.39, 0.29) is 29.1 Å². The lowest BCUT2D eigenvalue weighted by Gasteiger charge is -2.33. The summed E-state index contributed by atoms with van der Waals surface area (Å²) < 4.78 is 34.8. The van der Waals surface area contributed by atoms with E-state index in [0.29, 0.717) is 17.4 Å². The maximum atomic E-state index is 14.1. The van der Waals surface area contributed by atoms with Gasteiger partial charge in [-0.05, 0) is 68.7 Å². The minimum absolute atomic E-state index is 0.0347. The Hall–Kier alpha value is -3.56. The number of carbonyl (C=O) groups excluding carboxylic acids is 2. The lowest BCUT2D eigenvalue weighted by atomic mass is 10.1. The quantitative estimate of drug-likeness (QED) is 0.301. The van der Waals surface area contributed by atoms with Crippen molar-refractivity contribution in [2.75, 3.05) is 17.5 Å². The van der Waals surface area contributed by atoms with Crippen LogP contribution < -0.4 is 14.4 Å². The number of hydrogen-bond donors (Lipinski definition) is 1. The Balaban J connectivity index is 1.71. The molecule has 3 aromatic carbocycles. The second-order valence-electron chi connectivity index (χ2n) is 10.0. The Labute approximate surface area is 247 Å². The smallest absolute Gasteiger partial charge is 0.264 e. The van der Waals surface area contributed by atoms with Gasteiger partial charge in [-0.1, -0.05) is 66.9 Å². The highest BCUT2D eigenvalue weighted by Gasteiger charge is 2.34. The summed E-state index contributed by atoms with van der Waals surface area (Å²) in [6.45, 7) is 3.31. The van der Waals surface area contributed by atoms with Crippen LogP contribution in [0.5, 0.6) is 5.75 Å². The number of sulfonamides is 1. The summed E-state index contributed by atoms with van der Waals surface area (Å²) in [6.07, 6.45) is 3.90. The summed E-state index contributed by atoms with van der Waals surface area (Å²) in [6, 6.07) is 20.9. The van der Waals surface area contributed by atoms with Crippen LogP contribution in [0.25, 0.3) is 0 Å². The van der Waals surface area contributed by atoms with Crippen molar-refractivity contribution < 1.29 is 22.7 Å². The van der Waals surface area contributed by atoms with Gasteiger partial charge in [0.2, 0.25) is 11.8 Å². The Morgan fingerprint density at radius 3 is 2.37 bits per heavy atom. The Kier molecular flexibility index (Phi) is 10.3. The minimum atomic E-state index is -4.18. The number of rotatable bonds is 12. The maximum absolute atomic E-state index is 14.1. The van der Waals surface area contributed by atoms with Gasteiger partial charge in [-0.15, -0.1) is 0 Å². The van der Waals surface area contributed by atoms with E-state index < -0.39 is 28.5 Å². The molecule has 1 saturated carbocycles. The first-order chi connectivity index (χ1) is 19.7. The molecule has 3 aromatic rings. The fourth-order valence-electron chi connectivity index (χ4n) is 4.98. The zero-order valence-corrected chi connectivity index (χ0v) is 24.9. The lowest BCUT2D eigenvalue weighted by Crippen LogP contribution is -2.52. The number of halogens is 1. The van der Waals surface area contributed by atoms with Gasteiger partial charge >= 0.3 is 0 Å². The third kappa shape index (κ3) is 7.59. The molecular formula is C31H36ClN3O5S. The van der Waals surface area contributed by atoms with Gasteiger partial charge in [0.05, 0.1) is 17.2 Å². The van der Waals surface area contributed by atoms with Gasteiger partial charge in [-0.3, -0.25) is 13.9 Å². The molecule has 0 unspecified atom stereocenters. The molecule has 1 atom stereocenters. The van der Waals surface area contributed by atoms with E-state index in [4.69, 9.17) is 16.3 Å². The molecule has 0 heterocycles. The number of anilines is 1. The molecule has 0 spiro atoms. The number of carbonyl (C=O) groups is 2. The first-order valence-corrected chi connectivity index (χ1v) is 15.7. The molecule has 41 heavy (non-hydrogen) atoms. The highest BCUT2D eigenvalue weighted by molar-refractivity contribution is 7.92. The van der Waals surface area contributed by atoms with Crippen LogP contribution in [-0.2, 0) is 26.2 Å². The molecule has 4 rings (SSSR count). The van der Waals surface area contributed by atoms with Crippen molar-refractivity contribution in [3.8, 4) is 5.75 Å². The summed E-state index contributed by atoms with van der Waals surface area (Å²) in [5, 5.41) is 3.56. The molecule has 1 aliphatic rings. The topological polar surface area (TPSA) is 96.0 Å². The standard InChI is InChI=1S/C31H36ClN3O5S/c1-3-40-29-19-10-9-18-28(29)35(41(38,39)27-16-5-4-6-17-27)22-30(36)34(21-24-12-11-13-25(32)20-24)23(2)31(37)33-26-14-7-8-15-26/h4-6,9-13,16-20,23,26H,3,7-8,14-15,21-22H2,1-2H3,(H,33,37)/t23-/m1/s1. The summed E-state index contributed by atoms with van der Waals surface area (Å²) in [5.41, 5.74) is 0.955. The number of ether oxygens (including phenoxy) is 1. The van der Waals surface area contributed by atoms with Crippen LogP contribution >= 0.6 is 11.6 Å². The van der Waals surface area contributed by atoms with Crippen LogP contribution in [0.1, 0.15) is 45.1 Å². The maximum Gasteiger partial charge on any atom is 0.264 e. The number of hydrogen-bond acceptors (Lipinski definition) is 5. The molecule has 0 aliphatic heterocycles. The SMILES string of the molecule is CCOc1ccccc1N(CC(=O)N(Cc1cccc(Cl)c1)[C@H](C)C(=O)NC1CCCC1)S(=O)(=O)c1ccccc1. The van der Waals surface area contributed by atoms with Crippen molar-refractivity contribution in [1.82, 2.24) is 10.2 Å². The Bertz CT molecular complexity index is 1440. The van der Waals surface area contributed by atoms with Gasteiger partial charge in [-0.25, -0.2) is 8.42 Å². The van der Waals surface area contributed by atoms with Crippen molar-refractivity contribution in [2.24, 2.45) is 0 Å². The summed E-state index contributed by atoms with van der Waals surface area (Å²) in [7, 11) is -4.18. The van der Waals surface area contributed by atoms with E-state index in [9.17, 15) is 18.0 Å². The van der Waals surface area contributed by atoms with Crippen LogP contribution in [0.3, 0.4) is 0 Å². The van der Waals surface area contributed by atoms with E-state index in [0.717, 1.165) is 35.6 Å². The van der Waals surface area contributed by atoms with Crippen LogP contribution in [0.15, 0.2) is 83.8 Å². The first kappa shape index (κ1) is 30.4. The van der Waals surface area contributed by atoms with Crippen molar-refractivity contribution >= 4 is 39.1 Å². The number of nitrogens with zero attached hydrogens (tertiary/aromatic N) is 2. The van der Waals surface area contributed by atoms with E-state index >= 15 is 0 Å². The fourth-order valence-corrected chi connectivity index (χ4v) is 6.64. The molecule has 0 saturated heterocycles. The number of nitrogens with one attached hydrogen (secondary N) is 1. The van der Waals surface area contributed by atoms with Crippen LogP contribution in [0, 0.1) is 0 Å². The lowest BCUT2D eigenvalue weighted by molar-refractivity contribution is -0.139. The second-order valence-corrected chi connectivity index (χ2v) is 12.3. The Morgan fingerprint density at radius 2 is 1.68 bits per heavy atom. The van der Waals surface area contributed by atoms with E-state index in [2.05, 4.69) is 5.32 Å². The van der Waals surface area contributed by atoms with Gasteiger partial charge < -0.3 is 15.0 Å². The summed E-state index contributed by atoms with van der Waals surface area (Å²) in [4.78, 5) is 28.9. The molecule has 0 aromatic heterocycles. The van der Waals surface area contributed by atoms with Crippen LogP contribution in [0.4, 0.5) is 5.69 Å². The third-order valence-corrected chi connectivity index (χ3v) is 9.16. The van der Waals surface area contributed by atoms with Gasteiger partial charge in [0.1, 0.15) is 18.3 Å². The third-order valence-electron chi connectivity index (χ3n) is 7.15. The normalized spacial score (nSPS) is 14.3. The van der Waals surface area contributed by atoms with E-state index in [1.165, 1.54) is 17.0 Å². The first-order valence-electron chi connectivity index (χ1n) is 13.8. The predicted octanol–water partition coefficient (Wildman–Crippen LogP) is 5.41. The number of benzene rings is 3. The molecule has 1 aliphatic carbocycles. The molecule has 218 valence electrons. The molecule has 1 fully saturated rings. The van der Waals surface area contributed by atoms with E-state index in [1.54, 1.807) is 74.5 Å². The van der Waals surface area contributed by atoms with Gasteiger partial charge in [0.15, 0.2) is 0 Å². The zero-order chi connectivity index (χ0) is 29.4. The molecule has 8 nitrogen and oxygen atoms in total. The van der Waals surface area contributed by atoms with Crippen molar-refractivity contribution in [2.45, 2.75) is 63.1 Å². The Morgan fingerprint density at radius 1 is 1.00 bits per heavy atom. The minimum Gasteiger partial charge on any atom is -0.492 e. The monoisotopic (exact) mass is 597 g/mol. The average Bonchev–Trinajstić information content (AvgIpc) is 3.48. The summed E-state index contributed by atoms with van der Waals surface area (Å²) >= 11 is 6.22. The van der Waals surface area contributed by atoms with Crippen molar-refractivity contribution in [3.63, 3.8) is 0 Å². The fraction of sp³-hybridized carbons (Fsp3) is 0.355. The highest BCUT2D eigenvalue weighted by atomic mass is 35.5. The van der Waals surface area contributed by atoms with Crippen LogP contribution in [-0.4, -0.2) is 50.4 Å². The van der Waals surface area contributed by atoms with Crippen molar-refractivity contribution in [1.29, 1.82) is 0 Å². The van der Waals surface area contributed by atoms with Gasteiger partial charge in [0.25, 0.3) is 10.0 Å². The zero-order valence-electron chi connectivity index (χ0n) is 23.3. The molecule has 1 N–H and O–H groups in total. The van der Waals surface area contributed by atoms with E-state index in [1.807, 2.05) is 6.07 Å². The number of amides is 2. The molecule has 2 amide bonds.